The van der Waals surface area contributed by atoms with Crippen molar-refractivity contribution in [1.82, 2.24) is 10.9 Å². The standard InChI is InChI=1S/C5H7N3O4/c6-5(12)8-7-3(9)1-2-4(10)11/h1-2H,(H,7,9)(H,10,11)(H3,6,8,12)/b2-1-. The number of carbonyl (C=O) groups is 3. The van der Waals surface area contributed by atoms with Crippen LogP contribution in [0.25, 0.3) is 0 Å². The molecule has 12 heavy (non-hydrogen) atoms. The van der Waals surface area contributed by atoms with Crippen molar-refractivity contribution in [1.29, 1.82) is 0 Å². The van der Waals surface area contributed by atoms with Gasteiger partial charge in [-0.25, -0.2) is 15.0 Å². The molecule has 0 aromatic carbocycles. The first-order chi connectivity index (χ1) is 5.52. The van der Waals surface area contributed by atoms with Gasteiger partial charge in [-0.3, -0.25) is 10.2 Å². The van der Waals surface area contributed by atoms with Gasteiger partial charge in [0.2, 0.25) is 0 Å². The van der Waals surface area contributed by atoms with Gasteiger partial charge in [0.05, 0.1) is 0 Å². The smallest absolute Gasteiger partial charge is 0.330 e. The fraction of sp³-hybridized carbons (Fsp3) is 0. The van der Waals surface area contributed by atoms with Crippen molar-refractivity contribution in [3.05, 3.63) is 12.2 Å². The summed E-state index contributed by atoms with van der Waals surface area (Å²) in [5, 5.41) is 8.06. The van der Waals surface area contributed by atoms with Crippen LogP contribution in [0.4, 0.5) is 4.79 Å². The van der Waals surface area contributed by atoms with Crippen LogP contribution in [0.1, 0.15) is 0 Å². The van der Waals surface area contributed by atoms with E-state index in [0.29, 0.717) is 6.08 Å². The highest BCUT2D eigenvalue weighted by atomic mass is 16.4. The topological polar surface area (TPSA) is 122 Å². The molecular formula is C5H7N3O4. The van der Waals surface area contributed by atoms with E-state index in [0.717, 1.165) is 6.08 Å². The lowest BCUT2D eigenvalue weighted by atomic mass is 10.5. The molecule has 0 spiro atoms. The lowest BCUT2D eigenvalue weighted by molar-refractivity contribution is -0.131. The first-order valence-electron chi connectivity index (χ1n) is 2.79. The predicted molar refractivity (Wildman–Crippen MR) is 37.6 cm³/mol. The number of carboxylic acids is 1. The minimum absolute atomic E-state index is 0.623. The van der Waals surface area contributed by atoms with Gasteiger partial charge >= 0.3 is 12.0 Å². The third-order valence-electron chi connectivity index (χ3n) is 0.686. The van der Waals surface area contributed by atoms with Gasteiger partial charge in [-0.1, -0.05) is 0 Å². The molecule has 0 rings (SSSR count). The predicted octanol–water partition coefficient (Wildman–Crippen LogP) is -1.67. The zero-order valence-electron chi connectivity index (χ0n) is 5.90. The normalized spacial score (nSPS) is 9.33. The summed E-state index contributed by atoms with van der Waals surface area (Å²) < 4.78 is 0. The first-order valence-corrected chi connectivity index (χ1v) is 2.79. The molecule has 3 amide bonds. The molecule has 0 aliphatic carbocycles. The maximum Gasteiger partial charge on any atom is 0.330 e. The first kappa shape index (κ1) is 9.95. The van der Waals surface area contributed by atoms with E-state index in [1.54, 1.807) is 5.43 Å². The van der Waals surface area contributed by atoms with Gasteiger partial charge in [0.1, 0.15) is 0 Å². The number of carboxylic acid groups (broad SMARTS) is 1. The lowest BCUT2D eigenvalue weighted by Crippen LogP contribution is -2.43. The molecule has 0 aliphatic heterocycles. The Labute approximate surface area is 67.2 Å². The Bertz CT molecular complexity index is 235. The highest BCUT2D eigenvalue weighted by molar-refractivity contribution is 5.94. The van der Waals surface area contributed by atoms with E-state index < -0.39 is 17.9 Å². The van der Waals surface area contributed by atoms with Crippen LogP contribution in [-0.4, -0.2) is 23.0 Å². The maximum atomic E-state index is 10.5. The number of urea groups is 1. The van der Waals surface area contributed by atoms with Crippen LogP contribution < -0.4 is 16.6 Å². The van der Waals surface area contributed by atoms with Crippen LogP contribution in [0.3, 0.4) is 0 Å². The van der Waals surface area contributed by atoms with Crippen molar-refractivity contribution in [3.63, 3.8) is 0 Å². The van der Waals surface area contributed by atoms with Gasteiger partial charge in [0, 0.05) is 12.2 Å². The molecule has 5 N–H and O–H groups in total. The van der Waals surface area contributed by atoms with Crippen LogP contribution >= 0.6 is 0 Å². The molecule has 0 atom stereocenters. The summed E-state index contributed by atoms with van der Waals surface area (Å²) in [7, 11) is 0. The van der Waals surface area contributed by atoms with Crippen LogP contribution in [0.15, 0.2) is 12.2 Å². The molecule has 0 heterocycles. The number of nitrogens with two attached hydrogens (primary N) is 1. The summed E-state index contributed by atoms with van der Waals surface area (Å²) in [6.07, 6.45) is 1.36. The third kappa shape index (κ3) is 6.08. The Hall–Kier alpha value is -2.05. The van der Waals surface area contributed by atoms with Crippen molar-refractivity contribution >= 4 is 17.9 Å². The largest absolute Gasteiger partial charge is 0.478 e. The molecule has 0 radical (unpaired) electrons. The fourth-order valence-electron chi connectivity index (χ4n) is 0.312. The fourth-order valence-corrected chi connectivity index (χ4v) is 0.312. The van der Waals surface area contributed by atoms with E-state index in [-0.39, 0.29) is 0 Å². The zero-order chi connectivity index (χ0) is 9.56. The Morgan fingerprint density at radius 2 is 1.75 bits per heavy atom. The molecule has 7 nitrogen and oxygen atoms in total. The van der Waals surface area contributed by atoms with Crippen LogP contribution in [-0.2, 0) is 9.59 Å². The number of hydrazine groups is 1. The summed E-state index contributed by atoms with van der Waals surface area (Å²) in [6.45, 7) is 0. The van der Waals surface area contributed by atoms with Crippen molar-refractivity contribution < 1.29 is 19.5 Å². The van der Waals surface area contributed by atoms with Gasteiger partial charge in [-0.15, -0.1) is 0 Å². The average molecular weight is 173 g/mol. The second kappa shape index (κ2) is 4.72. The summed E-state index contributed by atoms with van der Waals surface area (Å²) in [6, 6.07) is -0.938. The molecule has 0 saturated carbocycles. The molecular weight excluding hydrogens is 166 g/mol. The summed E-state index contributed by atoms with van der Waals surface area (Å²) in [4.78, 5) is 30.4. The molecule has 0 bridgehead atoms. The minimum atomic E-state index is -1.26. The summed E-state index contributed by atoms with van der Waals surface area (Å²) in [5.41, 5.74) is 8.18. The van der Waals surface area contributed by atoms with Gasteiger partial charge in [0.25, 0.3) is 5.91 Å². The van der Waals surface area contributed by atoms with Gasteiger partial charge in [-0.05, 0) is 0 Å². The maximum absolute atomic E-state index is 10.5. The number of hydrogen-bond donors (Lipinski definition) is 4. The van der Waals surface area contributed by atoms with Gasteiger partial charge in [-0.2, -0.15) is 0 Å². The monoisotopic (exact) mass is 173 g/mol. The molecule has 0 unspecified atom stereocenters. The van der Waals surface area contributed by atoms with E-state index >= 15 is 0 Å². The number of hydrogen-bond acceptors (Lipinski definition) is 3. The van der Waals surface area contributed by atoms with E-state index in [1.165, 1.54) is 0 Å². The molecule has 0 saturated heterocycles. The highest BCUT2D eigenvalue weighted by Crippen LogP contribution is 1.71. The Morgan fingerprint density at radius 3 is 2.17 bits per heavy atom. The van der Waals surface area contributed by atoms with Crippen molar-refractivity contribution in [2.45, 2.75) is 0 Å². The van der Waals surface area contributed by atoms with Crippen molar-refractivity contribution in [2.24, 2.45) is 5.73 Å². The van der Waals surface area contributed by atoms with Crippen LogP contribution in [0, 0.1) is 0 Å². The molecule has 0 aromatic rings. The number of primary amides is 1. The third-order valence-corrected chi connectivity index (χ3v) is 0.686. The SMILES string of the molecule is NC(=O)NNC(=O)/C=C\C(=O)O. The average Bonchev–Trinajstić information content (AvgIpc) is 1.96. The van der Waals surface area contributed by atoms with Crippen molar-refractivity contribution in [2.75, 3.05) is 0 Å². The highest BCUT2D eigenvalue weighted by Gasteiger charge is 1.96. The molecule has 0 aromatic heterocycles. The Kier molecular flexibility index (Phi) is 3.91. The number of nitrogens with one attached hydrogen (secondary N) is 2. The van der Waals surface area contributed by atoms with E-state index in [9.17, 15) is 14.4 Å². The van der Waals surface area contributed by atoms with Crippen LogP contribution in [0.5, 0.6) is 0 Å². The Morgan fingerprint density at radius 1 is 1.17 bits per heavy atom. The van der Waals surface area contributed by atoms with E-state index in [1.807, 2.05) is 5.43 Å². The lowest BCUT2D eigenvalue weighted by Gasteiger charge is -1.98. The molecule has 0 aliphatic rings. The summed E-state index contributed by atoms with van der Waals surface area (Å²) in [5.74, 6) is -2.04. The van der Waals surface area contributed by atoms with E-state index in [4.69, 9.17) is 5.11 Å². The second-order valence-electron chi connectivity index (χ2n) is 1.65. The van der Waals surface area contributed by atoms with Gasteiger partial charge < -0.3 is 10.8 Å². The van der Waals surface area contributed by atoms with Crippen molar-refractivity contribution in [3.8, 4) is 0 Å². The van der Waals surface area contributed by atoms with Gasteiger partial charge in [0.15, 0.2) is 0 Å². The molecule has 0 fully saturated rings. The molecule has 7 heteroatoms. The second-order valence-corrected chi connectivity index (χ2v) is 1.65. The number of aliphatic carboxylic acids is 1. The van der Waals surface area contributed by atoms with Crippen LogP contribution in [0.2, 0.25) is 0 Å². The number of rotatable bonds is 2. The number of amides is 3. The summed E-state index contributed by atoms with van der Waals surface area (Å²) >= 11 is 0. The quantitative estimate of drug-likeness (QED) is 0.294. The Balaban J connectivity index is 3.75. The zero-order valence-corrected chi connectivity index (χ0v) is 5.90. The molecule has 66 valence electrons. The number of carbonyl (C=O) groups excluding carboxylic acids is 2. The minimum Gasteiger partial charge on any atom is -0.478 e. The van der Waals surface area contributed by atoms with E-state index in [2.05, 4.69) is 5.73 Å².